The zero-order valence-electron chi connectivity index (χ0n) is 18.0. The number of rotatable bonds is 6. The van der Waals surface area contributed by atoms with Gasteiger partial charge in [-0.15, -0.1) is 0 Å². The molecular formula is C19H28N4O5S. The van der Waals surface area contributed by atoms with Crippen molar-refractivity contribution in [1.29, 1.82) is 0 Å². The van der Waals surface area contributed by atoms with E-state index in [1.807, 2.05) is 20.8 Å². The molecule has 0 saturated carbocycles. The van der Waals surface area contributed by atoms with Gasteiger partial charge in [-0.2, -0.15) is 4.98 Å². The lowest BCUT2D eigenvalue weighted by atomic mass is 9.97. The Labute approximate surface area is 171 Å². The van der Waals surface area contributed by atoms with Gasteiger partial charge >= 0.3 is 0 Å². The highest BCUT2D eigenvalue weighted by atomic mass is 32.2. The molecule has 1 aromatic heterocycles. The topological polar surface area (TPSA) is 115 Å². The highest BCUT2D eigenvalue weighted by molar-refractivity contribution is 7.89. The number of sulfonamides is 1. The molecule has 1 N–H and O–H groups in total. The van der Waals surface area contributed by atoms with Gasteiger partial charge in [-0.25, -0.2) is 12.7 Å². The molecule has 9 nitrogen and oxygen atoms in total. The average Bonchev–Trinajstić information content (AvgIpc) is 3.12. The van der Waals surface area contributed by atoms with Gasteiger partial charge in [0.25, 0.3) is 5.91 Å². The maximum absolute atomic E-state index is 12.8. The summed E-state index contributed by atoms with van der Waals surface area (Å²) in [5, 5.41) is 6.81. The normalized spacial score (nSPS) is 12.9. The molecule has 2 aromatic rings. The molecule has 160 valence electrons. The van der Waals surface area contributed by atoms with Crippen molar-refractivity contribution in [3.8, 4) is 5.75 Å². The lowest BCUT2D eigenvalue weighted by molar-refractivity contribution is 0.0907. The second-order valence-corrected chi connectivity index (χ2v) is 10.5. The highest BCUT2D eigenvalue weighted by Gasteiger charge is 2.32. The number of hydrogen-bond donors (Lipinski definition) is 1. The quantitative estimate of drug-likeness (QED) is 0.756. The van der Waals surface area contributed by atoms with Gasteiger partial charge in [0, 0.05) is 25.1 Å². The summed E-state index contributed by atoms with van der Waals surface area (Å²) in [4.78, 5) is 17.1. The van der Waals surface area contributed by atoms with Crippen molar-refractivity contribution in [2.75, 3.05) is 21.2 Å². The predicted octanol–water partition coefficient (Wildman–Crippen LogP) is 2.29. The number of methoxy groups -OCH3 is 1. The van der Waals surface area contributed by atoms with Crippen LogP contribution < -0.4 is 10.1 Å². The predicted molar refractivity (Wildman–Crippen MR) is 107 cm³/mol. The van der Waals surface area contributed by atoms with Crippen LogP contribution in [0.4, 0.5) is 0 Å². The van der Waals surface area contributed by atoms with Crippen molar-refractivity contribution in [3.63, 3.8) is 0 Å². The smallest absolute Gasteiger partial charge is 0.252 e. The molecule has 1 aromatic carbocycles. The summed E-state index contributed by atoms with van der Waals surface area (Å²) in [6.07, 6.45) is 0. The maximum Gasteiger partial charge on any atom is 0.252 e. The van der Waals surface area contributed by atoms with Crippen LogP contribution in [0.1, 0.15) is 56.7 Å². The first-order valence-corrected chi connectivity index (χ1v) is 10.4. The largest absolute Gasteiger partial charge is 0.495 e. The molecule has 1 amide bonds. The van der Waals surface area contributed by atoms with Gasteiger partial charge in [0.2, 0.25) is 15.9 Å². The molecule has 0 bridgehead atoms. The van der Waals surface area contributed by atoms with Gasteiger partial charge < -0.3 is 14.6 Å². The van der Waals surface area contributed by atoms with Crippen LogP contribution in [0, 0.1) is 0 Å². The van der Waals surface area contributed by atoms with Crippen molar-refractivity contribution in [2.24, 2.45) is 0 Å². The first-order chi connectivity index (χ1) is 13.2. The van der Waals surface area contributed by atoms with E-state index < -0.39 is 21.5 Å². The third kappa shape index (κ3) is 4.76. The number of amides is 1. The molecule has 0 fully saturated rings. The van der Waals surface area contributed by atoms with Crippen molar-refractivity contribution in [1.82, 2.24) is 19.8 Å². The number of nitrogens with one attached hydrogen (secondary N) is 1. The first kappa shape index (κ1) is 22.8. The van der Waals surface area contributed by atoms with E-state index in [2.05, 4.69) is 15.5 Å². The van der Waals surface area contributed by atoms with Crippen LogP contribution in [0.3, 0.4) is 0 Å². The van der Waals surface area contributed by atoms with Gasteiger partial charge in [0.05, 0.1) is 12.6 Å². The fourth-order valence-corrected chi connectivity index (χ4v) is 3.49. The lowest BCUT2D eigenvalue weighted by Crippen LogP contribution is -2.42. The third-order valence-corrected chi connectivity index (χ3v) is 6.07. The number of ether oxygens (including phenoxy) is 1. The van der Waals surface area contributed by atoms with Crippen LogP contribution in [0.25, 0.3) is 0 Å². The van der Waals surface area contributed by atoms with Crippen molar-refractivity contribution < 1.29 is 22.5 Å². The minimum Gasteiger partial charge on any atom is -0.495 e. The van der Waals surface area contributed by atoms with Crippen LogP contribution in [-0.2, 0) is 21.0 Å². The van der Waals surface area contributed by atoms with Crippen LogP contribution >= 0.6 is 0 Å². The molecular weight excluding hydrogens is 396 g/mol. The minimum atomic E-state index is -3.80. The summed E-state index contributed by atoms with van der Waals surface area (Å²) in [5.74, 6) is 0.460. The van der Waals surface area contributed by atoms with Gasteiger partial charge in [-0.3, -0.25) is 4.79 Å². The average molecular weight is 425 g/mol. The monoisotopic (exact) mass is 424 g/mol. The summed E-state index contributed by atoms with van der Waals surface area (Å²) < 4.78 is 36.7. The minimum absolute atomic E-state index is 0.0926. The Bertz CT molecular complexity index is 1000. The molecule has 1 heterocycles. The number of aromatic nitrogens is 2. The molecule has 10 heteroatoms. The fourth-order valence-electron chi connectivity index (χ4n) is 2.41. The SMILES string of the molecule is COc1ccc(C(=O)NC(C)(C)c2noc(C(C)(C)C)n2)cc1S(=O)(=O)N(C)C. The standard InChI is InChI=1S/C19H28N4O5S/c1-18(2,3)17-20-16(22-28-17)19(4,5)21-15(24)12-9-10-13(27-8)14(11-12)29(25,26)23(6)7/h9-11H,1-8H3,(H,21,24). The Kier molecular flexibility index (Phi) is 6.10. The Morgan fingerprint density at radius 2 is 1.79 bits per heavy atom. The Morgan fingerprint density at radius 3 is 2.28 bits per heavy atom. The molecule has 0 aliphatic heterocycles. The summed E-state index contributed by atoms with van der Waals surface area (Å²) in [6, 6.07) is 4.23. The molecule has 0 radical (unpaired) electrons. The van der Waals surface area contributed by atoms with E-state index in [9.17, 15) is 13.2 Å². The Hall–Kier alpha value is -2.46. The van der Waals surface area contributed by atoms with Crippen LogP contribution in [-0.4, -0.2) is 50.0 Å². The molecule has 0 aliphatic carbocycles. The first-order valence-electron chi connectivity index (χ1n) is 8.98. The number of nitrogens with zero attached hydrogens (tertiary/aromatic N) is 3. The van der Waals surface area contributed by atoms with E-state index in [1.54, 1.807) is 13.8 Å². The zero-order chi connectivity index (χ0) is 22.2. The second kappa shape index (κ2) is 7.75. The van der Waals surface area contributed by atoms with Gasteiger partial charge in [0.15, 0.2) is 5.82 Å². The van der Waals surface area contributed by atoms with Gasteiger partial charge in [-0.05, 0) is 32.0 Å². The summed E-state index contributed by atoms with van der Waals surface area (Å²) in [5.41, 5.74) is -1.10. The van der Waals surface area contributed by atoms with E-state index in [0.29, 0.717) is 11.7 Å². The molecule has 2 rings (SSSR count). The van der Waals surface area contributed by atoms with E-state index in [-0.39, 0.29) is 21.6 Å². The third-order valence-electron chi connectivity index (χ3n) is 4.24. The lowest BCUT2D eigenvalue weighted by Gasteiger charge is -2.23. The highest BCUT2D eigenvalue weighted by Crippen LogP contribution is 2.28. The molecule has 0 atom stereocenters. The Morgan fingerprint density at radius 1 is 1.17 bits per heavy atom. The van der Waals surface area contributed by atoms with E-state index in [0.717, 1.165) is 4.31 Å². The maximum atomic E-state index is 12.8. The zero-order valence-corrected chi connectivity index (χ0v) is 18.8. The number of hydrogen-bond acceptors (Lipinski definition) is 7. The van der Waals surface area contributed by atoms with E-state index in [1.165, 1.54) is 39.4 Å². The fraction of sp³-hybridized carbons (Fsp3) is 0.526. The van der Waals surface area contributed by atoms with Crippen LogP contribution in [0.5, 0.6) is 5.75 Å². The summed E-state index contributed by atoms with van der Waals surface area (Å²) >= 11 is 0. The molecule has 0 aliphatic rings. The molecule has 0 unspecified atom stereocenters. The molecule has 0 spiro atoms. The number of carbonyl (C=O) groups is 1. The van der Waals surface area contributed by atoms with Crippen molar-refractivity contribution in [2.45, 2.75) is 50.5 Å². The Balaban J connectivity index is 2.36. The van der Waals surface area contributed by atoms with Crippen molar-refractivity contribution in [3.05, 3.63) is 35.5 Å². The van der Waals surface area contributed by atoms with Gasteiger partial charge in [0.1, 0.15) is 10.6 Å². The van der Waals surface area contributed by atoms with Crippen molar-refractivity contribution >= 4 is 15.9 Å². The van der Waals surface area contributed by atoms with Crippen LogP contribution in [0.2, 0.25) is 0 Å². The van der Waals surface area contributed by atoms with Crippen LogP contribution in [0.15, 0.2) is 27.6 Å². The number of benzene rings is 1. The number of carbonyl (C=O) groups excluding carboxylic acids is 1. The van der Waals surface area contributed by atoms with E-state index in [4.69, 9.17) is 9.26 Å². The second-order valence-electron chi connectivity index (χ2n) is 8.41. The van der Waals surface area contributed by atoms with E-state index >= 15 is 0 Å². The summed E-state index contributed by atoms with van der Waals surface area (Å²) in [7, 11) is 0.396. The van der Waals surface area contributed by atoms with Gasteiger partial charge in [-0.1, -0.05) is 25.9 Å². The molecule has 0 saturated heterocycles. The molecule has 29 heavy (non-hydrogen) atoms. The summed E-state index contributed by atoms with van der Waals surface area (Å²) in [6.45, 7) is 9.31.